The molecule has 1 aliphatic rings. The number of aromatic nitrogens is 2. The van der Waals surface area contributed by atoms with Crippen molar-refractivity contribution in [1.82, 2.24) is 9.55 Å². The number of nitrogens with two attached hydrogens (primary N) is 1. The van der Waals surface area contributed by atoms with Crippen molar-refractivity contribution in [1.29, 1.82) is 0 Å². The fourth-order valence-corrected chi connectivity index (χ4v) is 2.97. The van der Waals surface area contributed by atoms with Crippen LogP contribution in [0.25, 0.3) is 0 Å². The van der Waals surface area contributed by atoms with E-state index >= 15 is 0 Å². The van der Waals surface area contributed by atoms with Crippen LogP contribution >= 0.6 is 7.82 Å². The van der Waals surface area contributed by atoms with Crippen LogP contribution in [-0.4, -0.2) is 54.5 Å². The molecule has 1 fully saturated rings. The molecule has 2 heterocycles. The van der Waals surface area contributed by atoms with Gasteiger partial charge in [0.05, 0.1) is 6.61 Å². The van der Waals surface area contributed by atoms with Gasteiger partial charge in [0.1, 0.15) is 24.1 Å². The lowest BCUT2D eigenvalue weighted by atomic mass is 10.0. The second kappa shape index (κ2) is 5.70. The summed E-state index contributed by atoms with van der Waals surface area (Å²) < 4.78 is 21.9. The third-order valence-electron chi connectivity index (χ3n) is 3.34. The van der Waals surface area contributed by atoms with Gasteiger partial charge >= 0.3 is 13.5 Å². The quantitative estimate of drug-likeness (QED) is 0.376. The molecule has 0 unspecified atom stereocenters. The summed E-state index contributed by atoms with van der Waals surface area (Å²) in [6.07, 6.45) is -3.21. The first-order valence-corrected chi connectivity index (χ1v) is 7.68. The Morgan fingerprint density at radius 2 is 2.23 bits per heavy atom. The largest absolute Gasteiger partial charge is 0.470 e. The maximum Gasteiger partial charge on any atom is 0.470 e. The van der Waals surface area contributed by atoms with Gasteiger partial charge in [0.25, 0.3) is 0 Å². The fraction of sp³-hybridized carbons (Fsp3) is 0.600. The zero-order valence-corrected chi connectivity index (χ0v) is 12.3. The second-order valence-electron chi connectivity index (χ2n) is 4.91. The summed E-state index contributed by atoms with van der Waals surface area (Å²) in [5.74, 6) is -0.0606. The Labute approximate surface area is 124 Å². The summed E-state index contributed by atoms with van der Waals surface area (Å²) in [6, 6.07) is 1.27. The molecule has 0 aliphatic carbocycles. The lowest BCUT2D eigenvalue weighted by Gasteiger charge is -2.32. The highest BCUT2D eigenvalue weighted by Gasteiger charge is 2.56. The maximum absolute atomic E-state index is 11.9. The molecular weight excluding hydrogens is 321 g/mol. The number of ether oxygens (including phenoxy) is 1. The standard InChI is InChI=1S/C10H16N3O8P/c1-10(13-3-2-6(11)12-9(13)16)8(21-22(17,18)19)7(15)5(4-14)20-10/h2-3,5,7-8,14-15H,4H2,1H3,(H2,11,12,16)(H2,17,18,19)/t5-,7-,8-,10-/m1/s1. The van der Waals surface area contributed by atoms with E-state index < -0.39 is 44.2 Å². The number of hydrogen-bond donors (Lipinski definition) is 5. The van der Waals surface area contributed by atoms with Crippen molar-refractivity contribution in [3.05, 3.63) is 22.7 Å². The molecule has 12 heteroatoms. The SMILES string of the molecule is C[C@@]1(n2ccc(N)nc2=O)O[C@H](CO)[C@@H](O)[C@H]1OP(=O)(O)O. The van der Waals surface area contributed by atoms with Crippen molar-refractivity contribution in [2.24, 2.45) is 0 Å². The number of nitrogen functional groups attached to an aromatic ring is 1. The molecule has 1 saturated heterocycles. The molecule has 1 aromatic heterocycles. The first-order valence-electron chi connectivity index (χ1n) is 6.15. The van der Waals surface area contributed by atoms with E-state index in [4.69, 9.17) is 20.3 Å². The number of rotatable bonds is 4. The summed E-state index contributed by atoms with van der Waals surface area (Å²) in [7, 11) is -5.00. The van der Waals surface area contributed by atoms with Gasteiger partial charge in [0, 0.05) is 6.20 Å². The topological polar surface area (TPSA) is 177 Å². The molecule has 0 aromatic carbocycles. The van der Waals surface area contributed by atoms with E-state index in [0.717, 1.165) is 4.57 Å². The van der Waals surface area contributed by atoms with Crippen LogP contribution in [-0.2, 0) is 19.6 Å². The second-order valence-corrected chi connectivity index (χ2v) is 6.10. The third-order valence-corrected chi connectivity index (χ3v) is 3.85. The van der Waals surface area contributed by atoms with Crippen LogP contribution in [0.2, 0.25) is 0 Å². The van der Waals surface area contributed by atoms with Crippen LogP contribution in [0.5, 0.6) is 0 Å². The number of nitrogens with zero attached hydrogens (tertiary/aromatic N) is 2. The summed E-state index contributed by atoms with van der Waals surface area (Å²) in [5.41, 5.74) is 2.71. The minimum atomic E-state index is -5.00. The van der Waals surface area contributed by atoms with E-state index in [9.17, 15) is 19.6 Å². The van der Waals surface area contributed by atoms with Gasteiger partial charge in [-0.2, -0.15) is 4.98 Å². The monoisotopic (exact) mass is 337 g/mol. The molecule has 0 bridgehead atoms. The highest BCUT2D eigenvalue weighted by Crippen LogP contribution is 2.46. The zero-order chi connectivity index (χ0) is 16.7. The van der Waals surface area contributed by atoms with E-state index in [1.54, 1.807) is 0 Å². The molecule has 0 amide bonds. The number of phosphoric acid groups is 1. The third kappa shape index (κ3) is 3.06. The number of aliphatic hydroxyl groups excluding tert-OH is 2. The highest BCUT2D eigenvalue weighted by molar-refractivity contribution is 7.46. The molecule has 4 atom stereocenters. The lowest BCUT2D eigenvalue weighted by molar-refractivity contribution is -0.134. The number of phosphoric ester groups is 1. The lowest BCUT2D eigenvalue weighted by Crippen LogP contribution is -2.49. The van der Waals surface area contributed by atoms with Gasteiger partial charge in [-0.05, 0) is 13.0 Å². The van der Waals surface area contributed by atoms with Crippen molar-refractivity contribution < 1.29 is 33.8 Å². The average molecular weight is 337 g/mol. The van der Waals surface area contributed by atoms with Gasteiger partial charge in [-0.15, -0.1) is 0 Å². The Morgan fingerprint density at radius 1 is 1.59 bits per heavy atom. The molecule has 124 valence electrons. The summed E-state index contributed by atoms with van der Waals surface area (Å²) >= 11 is 0. The average Bonchev–Trinajstić information content (AvgIpc) is 2.62. The van der Waals surface area contributed by atoms with Crippen LogP contribution < -0.4 is 11.4 Å². The molecule has 22 heavy (non-hydrogen) atoms. The van der Waals surface area contributed by atoms with Crippen LogP contribution in [0.1, 0.15) is 6.92 Å². The van der Waals surface area contributed by atoms with Crippen molar-refractivity contribution in [2.75, 3.05) is 12.3 Å². The van der Waals surface area contributed by atoms with Crippen molar-refractivity contribution in [3.8, 4) is 0 Å². The molecule has 0 spiro atoms. The summed E-state index contributed by atoms with van der Waals surface area (Å²) in [6.45, 7) is 0.625. The smallest absolute Gasteiger partial charge is 0.394 e. The van der Waals surface area contributed by atoms with Gasteiger partial charge < -0.3 is 30.5 Å². The molecule has 11 nitrogen and oxygen atoms in total. The highest BCUT2D eigenvalue weighted by atomic mass is 31.2. The van der Waals surface area contributed by atoms with E-state index in [1.807, 2.05) is 0 Å². The van der Waals surface area contributed by atoms with Gasteiger partial charge in [-0.3, -0.25) is 9.09 Å². The van der Waals surface area contributed by atoms with E-state index in [0.29, 0.717) is 0 Å². The first-order chi connectivity index (χ1) is 10.1. The molecule has 1 aromatic rings. The molecule has 1 aliphatic heterocycles. The van der Waals surface area contributed by atoms with Crippen molar-refractivity contribution in [3.63, 3.8) is 0 Å². The minimum Gasteiger partial charge on any atom is -0.394 e. The number of anilines is 1. The Kier molecular flexibility index (Phi) is 4.42. The summed E-state index contributed by atoms with van der Waals surface area (Å²) in [5, 5.41) is 19.2. The van der Waals surface area contributed by atoms with Gasteiger partial charge in [0.2, 0.25) is 0 Å². The van der Waals surface area contributed by atoms with Crippen molar-refractivity contribution >= 4 is 13.6 Å². The van der Waals surface area contributed by atoms with Crippen LogP contribution in [0.3, 0.4) is 0 Å². The minimum absolute atomic E-state index is 0.0606. The molecule has 0 saturated carbocycles. The van der Waals surface area contributed by atoms with Crippen LogP contribution in [0.15, 0.2) is 17.1 Å². The van der Waals surface area contributed by atoms with Gasteiger partial charge in [0.15, 0.2) is 5.72 Å². The molecular formula is C10H16N3O8P. The van der Waals surface area contributed by atoms with E-state index in [2.05, 4.69) is 9.51 Å². The van der Waals surface area contributed by atoms with Gasteiger partial charge in [-0.25, -0.2) is 9.36 Å². The van der Waals surface area contributed by atoms with Crippen molar-refractivity contribution in [2.45, 2.75) is 31.0 Å². The van der Waals surface area contributed by atoms with Crippen LogP contribution in [0.4, 0.5) is 5.82 Å². The molecule has 6 N–H and O–H groups in total. The van der Waals surface area contributed by atoms with Gasteiger partial charge in [-0.1, -0.05) is 0 Å². The fourth-order valence-electron chi connectivity index (χ4n) is 2.36. The zero-order valence-electron chi connectivity index (χ0n) is 11.4. The maximum atomic E-state index is 11.9. The molecule has 0 radical (unpaired) electrons. The molecule has 2 rings (SSSR count). The predicted octanol–water partition coefficient (Wildman–Crippen LogP) is -2.27. The Balaban J connectivity index is 2.52. The predicted molar refractivity (Wildman–Crippen MR) is 71.4 cm³/mol. The van der Waals surface area contributed by atoms with E-state index in [1.165, 1.54) is 19.2 Å². The normalized spacial score (nSPS) is 32.3. The van der Waals surface area contributed by atoms with E-state index in [-0.39, 0.29) is 5.82 Å². The Bertz CT molecular complexity index is 660. The summed E-state index contributed by atoms with van der Waals surface area (Å²) in [4.78, 5) is 33.4. The number of hydrogen-bond acceptors (Lipinski definition) is 8. The first kappa shape index (κ1) is 17.0. The Morgan fingerprint density at radius 3 is 2.73 bits per heavy atom. The Hall–Kier alpha value is -1.33. The van der Waals surface area contributed by atoms with Crippen LogP contribution in [0, 0.1) is 0 Å². The number of aliphatic hydroxyl groups is 2.